The molecule has 5 rings (SSSR count). The van der Waals surface area contributed by atoms with Crippen molar-refractivity contribution in [3.63, 3.8) is 0 Å². The predicted octanol–water partition coefficient (Wildman–Crippen LogP) is 7.09. The molecule has 4 heteroatoms. The van der Waals surface area contributed by atoms with Gasteiger partial charge in [-0.25, -0.2) is 4.99 Å². The number of aliphatic imine (C=N–C) groups is 1. The Bertz CT molecular complexity index is 1180. The summed E-state index contributed by atoms with van der Waals surface area (Å²) < 4.78 is 5.82. The molecule has 3 aromatic carbocycles. The Morgan fingerprint density at radius 1 is 0.862 bits per heavy atom. The summed E-state index contributed by atoms with van der Waals surface area (Å²) in [6.45, 7) is 4.43. The van der Waals surface area contributed by atoms with E-state index in [0.29, 0.717) is 11.6 Å². The molecule has 29 heavy (non-hydrogen) atoms. The Labute approximate surface area is 175 Å². The van der Waals surface area contributed by atoms with Gasteiger partial charge in [-0.15, -0.1) is 0 Å². The number of benzene rings is 3. The van der Waals surface area contributed by atoms with Crippen LogP contribution >= 0.6 is 11.6 Å². The number of aromatic nitrogens is 1. The quantitative estimate of drug-likeness (QED) is 0.359. The molecule has 0 unspecified atom stereocenters. The highest BCUT2D eigenvalue weighted by Crippen LogP contribution is 2.34. The van der Waals surface area contributed by atoms with Gasteiger partial charge in [0.2, 0.25) is 0 Å². The Morgan fingerprint density at radius 3 is 2.45 bits per heavy atom. The van der Waals surface area contributed by atoms with Crippen LogP contribution in [0.15, 0.2) is 84.1 Å². The summed E-state index contributed by atoms with van der Waals surface area (Å²) in [5.41, 5.74) is 5.02. The fourth-order valence-corrected chi connectivity index (χ4v) is 3.52. The molecule has 0 radical (unpaired) electrons. The molecule has 0 fully saturated rings. The summed E-state index contributed by atoms with van der Waals surface area (Å²) >= 11 is 6.01. The lowest BCUT2D eigenvalue weighted by Crippen LogP contribution is -2.16. The van der Waals surface area contributed by atoms with Crippen molar-refractivity contribution in [2.45, 2.75) is 13.8 Å². The van der Waals surface area contributed by atoms with Gasteiger partial charge in [0, 0.05) is 34.4 Å². The minimum Gasteiger partial charge on any atom is -0.485 e. The predicted molar refractivity (Wildman–Crippen MR) is 122 cm³/mol. The zero-order valence-corrected chi connectivity index (χ0v) is 17.1. The van der Waals surface area contributed by atoms with Gasteiger partial charge in [0.15, 0.2) is 0 Å². The van der Waals surface area contributed by atoms with Gasteiger partial charge in [0.1, 0.15) is 18.0 Å². The maximum absolute atomic E-state index is 6.01. The molecule has 0 bridgehead atoms. The summed E-state index contributed by atoms with van der Waals surface area (Å²) in [6, 6.07) is 22.2. The maximum Gasteiger partial charge on any atom is 0.146 e. The summed E-state index contributed by atoms with van der Waals surface area (Å²) in [6.07, 6.45) is 3.81. The number of ether oxygens (including phenoxy) is 1. The first kappa shape index (κ1) is 19.2. The van der Waals surface area contributed by atoms with E-state index < -0.39 is 0 Å². The molecule has 144 valence electrons. The molecule has 1 aliphatic rings. The van der Waals surface area contributed by atoms with Gasteiger partial charge in [-0.1, -0.05) is 74.0 Å². The van der Waals surface area contributed by atoms with Gasteiger partial charge in [0.25, 0.3) is 0 Å². The van der Waals surface area contributed by atoms with Crippen molar-refractivity contribution in [2.24, 2.45) is 4.99 Å². The first-order valence-electron chi connectivity index (χ1n) is 9.71. The molecule has 3 nitrogen and oxygen atoms in total. The van der Waals surface area contributed by atoms with Gasteiger partial charge in [-0.05, 0) is 28.6 Å². The highest BCUT2D eigenvalue weighted by Gasteiger charge is 2.15. The number of pyridine rings is 1. The van der Waals surface area contributed by atoms with Crippen LogP contribution in [0.2, 0.25) is 5.02 Å². The topological polar surface area (TPSA) is 34.5 Å². The molecular weight excluding hydrogens is 380 g/mol. The minimum absolute atomic E-state index is 0.433. The van der Waals surface area contributed by atoms with Crippen LogP contribution in [0.25, 0.3) is 21.9 Å². The average molecular weight is 401 g/mol. The largest absolute Gasteiger partial charge is 0.485 e. The van der Waals surface area contributed by atoms with E-state index in [1.165, 1.54) is 5.39 Å². The van der Waals surface area contributed by atoms with Crippen LogP contribution in [0.3, 0.4) is 0 Å². The van der Waals surface area contributed by atoms with Crippen LogP contribution in [-0.4, -0.2) is 17.3 Å². The molecule has 0 aliphatic carbocycles. The van der Waals surface area contributed by atoms with E-state index in [9.17, 15) is 0 Å². The third-order valence-electron chi connectivity index (χ3n) is 4.74. The number of nitrogens with zero attached hydrogens (tertiary/aromatic N) is 2. The second-order valence-electron chi connectivity index (χ2n) is 6.44. The molecule has 0 spiro atoms. The minimum atomic E-state index is 0.433. The number of rotatable bonds is 2. The van der Waals surface area contributed by atoms with Crippen LogP contribution in [-0.2, 0) is 0 Å². The average Bonchev–Trinajstić information content (AvgIpc) is 2.80. The van der Waals surface area contributed by atoms with Crippen LogP contribution in [0.1, 0.15) is 19.4 Å². The molecule has 1 aliphatic heterocycles. The highest BCUT2D eigenvalue weighted by molar-refractivity contribution is 6.30. The molecule has 0 amide bonds. The van der Waals surface area contributed by atoms with Crippen molar-refractivity contribution >= 4 is 33.8 Å². The first-order chi connectivity index (χ1) is 14.3. The van der Waals surface area contributed by atoms with E-state index in [2.05, 4.69) is 47.4 Å². The standard InChI is InChI=1S/C23H15ClN2O.C2H6/c24-18-9-10-21-23(11-18)27-14-22(26-21)16-7-5-15(6-8-16)20-13-25-12-17-3-1-2-4-19(17)20;1-2/h1-13H,14H2;1-2H3. The second-order valence-corrected chi connectivity index (χ2v) is 6.88. The van der Waals surface area contributed by atoms with Crippen molar-refractivity contribution in [1.82, 2.24) is 4.98 Å². The van der Waals surface area contributed by atoms with Gasteiger partial charge in [0.05, 0.1) is 5.71 Å². The van der Waals surface area contributed by atoms with Crippen LogP contribution in [0.4, 0.5) is 5.69 Å². The lowest BCUT2D eigenvalue weighted by Gasteiger charge is -2.17. The molecule has 0 saturated heterocycles. The summed E-state index contributed by atoms with van der Waals surface area (Å²) in [4.78, 5) is 9.11. The number of hydrogen-bond acceptors (Lipinski definition) is 3. The number of hydrogen-bond donors (Lipinski definition) is 0. The van der Waals surface area contributed by atoms with E-state index in [4.69, 9.17) is 21.3 Å². The SMILES string of the molecule is CC.Clc1ccc2c(c1)OCC(c1ccc(-c3cncc4ccccc34)cc1)=N2. The van der Waals surface area contributed by atoms with Crippen LogP contribution in [0, 0.1) is 0 Å². The molecule has 4 aromatic rings. The molecular formula is C25H21ClN2O. The zero-order chi connectivity index (χ0) is 20.2. The van der Waals surface area contributed by atoms with Crippen LogP contribution in [0.5, 0.6) is 5.75 Å². The van der Waals surface area contributed by atoms with Crippen molar-refractivity contribution in [3.8, 4) is 16.9 Å². The van der Waals surface area contributed by atoms with E-state index in [0.717, 1.165) is 39.2 Å². The van der Waals surface area contributed by atoms with E-state index in [1.807, 2.05) is 44.4 Å². The third-order valence-corrected chi connectivity index (χ3v) is 4.97. The van der Waals surface area contributed by atoms with Gasteiger partial charge >= 0.3 is 0 Å². The summed E-state index contributed by atoms with van der Waals surface area (Å²) in [7, 11) is 0. The van der Waals surface area contributed by atoms with Crippen molar-refractivity contribution in [1.29, 1.82) is 0 Å². The van der Waals surface area contributed by atoms with Gasteiger partial charge in [-0.2, -0.15) is 0 Å². The molecule has 0 N–H and O–H groups in total. The smallest absolute Gasteiger partial charge is 0.146 e. The van der Waals surface area contributed by atoms with E-state index in [1.54, 1.807) is 6.07 Å². The monoisotopic (exact) mass is 400 g/mol. The Balaban J connectivity index is 0.000000994. The molecule has 2 heterocycles. The Morgan fingerprint density at radius 2 is 1.62 bits per heavy atom. The van der Waals surface area contributed by atoms with Crippen molar-refractivity contribution in [3.05, 3.63) is 89.7 Å². The lowest BCUT2D eigenvalue weighted by molar-refractivity contribution is 0.373. The highest BCUT2D eigenvalue weighted by atomic mass is 35.5. The molecule has 0 saturated carbocycles. The normalized spacial score (nSPS) is 12.3. The fraction of sp³-hybridized carbons (Fsp3) is 0.120. The van der Waals surface area contributed by atoms with Crippen molar-refractivity contribution in [2.75, 3.05) is 6.61 Å². The Hall–Kier alpha value is -3.17. The van der Waals surface area contributed by atoms with Crippen LogP contribution < -0.4 is 4.74 Å². The summed E-state index contributed by atoms with van der Waals surface area (Å²) in [5, 5.41) is 2.99. The molecule has 1 aromatic heterocycles. The van der Waals surface area contributed by atoms with E-state index in [-0.39, 0.29) is 0 Å². The van der Waals surface area contributed by atoms with Gasteiger partial charge in [-0.3, -0.25) is 4.98 Å². The number of halogens is 1. The van der Waals surface area contributed by atoms with Gasteiger partial charge < -0.3 is 4.74 Å². The first-order valence-corrected chi connectivity index (χ1v) is 10.1. The third kappa shape index (κ3) is 3.87. The second kappa shape index (κ2) is 8.46. The van der Waals surface area contributed by atoms with E-state index >= 15 is 0 Å². The Kier molecular flexibility index (Phi) is 5.59. The fourth-order valence-electron chi connectivity index (χ4n) is 3.36. The maximum atomic E-state index is 6.01. The summed E-state index contributed by atoms with van der Waals surface area (Å²) in [5.74, 6) is 0.727. The molecule has 0 atom stereocenters. The zero-order valence-electron chi connectivity index (χ0n) is 16.4. The number of fused-ring (bicyclic) bond motifs is 2. The van der Waals surface area contributed by atoms with Crippen molar-refractivity contribution < 1.29 is 4.74 Å². The lowest BCUT2D eigenvalue weighted by atomic mass is 9.99.